The van der Waals surface area contributed by atoms with Crippen molar-refractivity contribution in [3.63, 3.8) is 0 Å². The Kier molecular flexibility index (Phi) is 10.6. The molecule has 3 aromatic carbocycles. The van der Waals surface area contributed by atoms with Crippen LogP contribution >= 0.6 is 27.5 Å². The summed E-state index contributed by atoms with van der Waals surface area (Å²) in [7, 11) is -4.14. The molecule has 0 aliphatic carbocycles. The largest absolute Gasteiger partial charge is 0.352 e. The van der Waals surface area contributed by atoms with Gasteiger partial charge in [0.2, 0.25) is 11.8 Å². The Balaban J connectivity index is 2.02. The molecule has 0 spiro atoms. The van der Waals surface area contributed by atoms with Crippen LogP contribution < -0.4 is 9.62 Å². The summed E-state index contributed by atoms with van der Waals surface area (Å²) in [6.07, 6.45) is 0.736. The van der Waals surface area contributed by atoms with Crippen LogP contribution in [-0.4, -0.2) is 43.8 Å². The number of benzene rings is 3. The van der Waals surface area contributed by atoms with Gasteiger partial charge in [-0.1, -0.05) is 58.7 Å². The maximum Gasteiger partial charge on any atom is 0.264 e. The molecule has 2 atom stereocenters. The van der Waals surface area contributed by atoms with E-state index in [2.05, 4.69) is 21.2 Å². The zero-order valence-corrected chi connectivity index (χ0v) is 25.6. The smallest absolute Gasteiger partial charge is 0.264 e. The van der Waals surface area contributed by atoms with Gasteiger partial charge in [0, 0.05) is 22.1 Å². The summed E-state index contributed by atoms with van der Waals surface area (Å²) in [5, 5.41) is 3.33. The van der Waals surface area contributed by atoms with E-state index in [0.717, 1.165) is 26.3 Å². The molecule has 0 bridgehead atoms. The summed E-state index contributed by atoms with van der Waals surface area (Å²) >= 11 is 9.41. The van der Waals surface area contributed by atoms with Gasteiger partial charge in [-0.05, 0) is 86.8 Å². The monoisotopic (exact) mass is 633 g/mol. The number of halogens is 2. The number of anilines is 1. The van der Waals surface area contributed by atoms with Crippen LogP contribution in [0.3, 0.4) is 0 Å². The van der Waals surface area contributed by atoms with E-state index in [1.54, 1.807) is 25.1 Å². The summed E-state index contributed by atoms with van der Waals surface area (Å²) in [5.41, 5.74) is 1.99. The van der Waals surface area contributed by atoms with Crippen molar-refractivity contribution in [1.29, 1.82) is 0 Å². The second-order valence-electron chi connectivity index (χ2n) is 9.45. The van der Waals surface area contributed by atoms with Crippen molar-refractivity contribution in [1.82, 2.24) is 10.2 Å². The average molecular weight is 635 g/mol. The van der Waals surface area contributed by atoms with Gasteiger partial charge in [-0.2, -0.15) is 0 Å². The predicted octanol–water partition coefficient (Wildman–Crippen LogP) is 5.94. The number of rotatable bonds is 11. The summed E-state index contributed by atoms with van der Waals surface area (Å²) in [4.78, 5) is 28.4. The maximum absolute atomic E-state index is 13.9. The standard InChI is InChI=1S/C29H33BrClN3O4S/c1-5-21(3)32-29(36)22(4)33(18-23-9-11-24(30)12-10-23)28(35)19-34(26-8-6-7-20(2)17-26)39(37,38)27-15-13-25(31)14-16-27/h6-17,21-22H,5,18-19H2,1-4H3,(H,32,36)/t21-,22-/m1/s1. The second kappa shape index (κ2) is 13.5. The highest BCUT2D eigenvalue weighted by molar-refractivity contribution is 9.10. The minimum Gasteiger partial charge on any atom is -0.352 e. The van der Waals surface area contributed by atoms with E-state index < -0.39 is 28.5 Å². The van der Waals surface area contributed by atoms with Crippen LogP contribution in [0.4, 0.5) is 5.69 Å². The molecule has 1 N–H and O–H groups in total. The van der Waals surface area contributed by atoms with Crippen LogP contribution in [-0.2, 0) is 26.2 Å². The zero-order chi connectivity index (χ0) is 28.7. The number of carbonyl (C=O) groups excluding carboxylic acids is 2. The number of amides is 2. The molecule has 0 saturated carbocycles. The summed E-state index contributed by atoms with van der Waals surface area (Å²) in [6.45, 7) is 6.99. The molecule has 208 valence electrons. The van der Waals surface area contributed by atoms with Gasteiger partial charge in [-0.3, -0.25) is 13.9 Å². The zero-order valence-electron chi connectivity index (χ0n) is 22.4. The molecule has 7 nitrogen and oxygen atoms in total. The van der Waals surface area contributed by atoms with Gasteiger partial charge in [-0.25, -0.2) is 8.42 Å². The Bertz CT molecular complexity index is 1400. The van der Waals surface area contributed by atoms with Crippen LogP contribution in [0.25, 0.3) is 0 Å². The van der Waals surface area contributed by atoms with Crippen molar-refractivity contribution in [2.45, 2.75) is 57.6 Å². The van der Waals surface area contributed by atoms with Crippen molar-refractivity contribution in [3.8, 4) is 0 Å². The van der Waals surface area contributed by atoms with Crippen molar-refractivity contribution >= 4 is 55.1 Å². The van der Waals surface area contributed by atoms with E-state index in [-0.39, 0.29) is 23.4 Å². The van der Waals surface area contributed by atoms with Gasteiger partial charge < -0.3 is 10.2 Å². The van der Waals surface area contributed by atoms with Crippen LogP contribution in [0.1, 0.15) is 38.3 Å². The molecular weight excluding hydrogens is 602 g/mol. The summed E-state index contributed by atoms with van der Waals surface area (Å²) in [5.74, 6) is -0.818. The average Bonchev–Trinajstić information content (AvgIpc) is 2.90. The first kappa shape index (κ1) is 30.7. The molecular formula is C29H33BrClN3O4S. The van der Waals surface area contributed by atoms with E-state index in [1.807, 2.05) is 51.1 Å². The molecule has 3 rings (SSSR count). The van der Waals surface area contributed by atoms with Gasteiger partial charge in [-0.15, -0.1) is 0 Å². The topological polar surface area (TPSA) is 86.8 Å². The van der Waals surface area contributed by atoms with Gasteiger partial charge >= 0.3 is 0 Å². The van der Waals surface area contributed by atoms with E-state index in [1.165, 1.54) is 29.2 Å². The third kappa shape index (κ3) is 8.06. The molecule has 39 heavy (non-hydrogen) atoms. The van der Waals surface area contributed by atoms with E-state index >= 15 is 0 Å². The van der Waals surface area contributed by atoms with Crippen molar-refractivity contribution in [2.75, 3.05) is 10.8 Å². The number of carbonyl (C=O) groups is 2. The Morgan fingerprint density at radius 1 is 1.00 bits per heavy atom. The van der Waals surface area contributed by atoms with Gasteiger partial charge in [0.25, 0.3) is 10.0 Å². The third-order valence-electron chi connectivity index (χ3n) is 6.40. The number of nitrogens with one attached hydrogen (secondary N) is 1. The van der Waals surface area contributed by atoms with Crippen molar-refractivity contribution < 1.29 is 18.0 Å². The lowest BCUT2D eigenvalue weighted by atomic mass is 10.1. The minimum atomic E-state index is -4.14. The Morgan fingerprint density at radius 3 is 2.23 bits per heavy atom. The molecule has 0 radical (unpaired) electrons. The first-order chi connectivity index (χ1) is 18.4. The highest BCUT2D eigenvalue weighted by Gasteiger charge is 2.32. The number of aryl methyl sites for hydroxylation is 1. The van der Waals surface area contributed by atoms with Crippen LogP contribution in [0.15, 0.2) is 82.2 Å². The molecule has 2 amide bonds. The molecule has 0 saturated heterocycles. The van der Waals surface area contributed by atoms with E-state index in [4.69, 9.17) is 11.6 Å². The van der Waals surface area contributed by atoms with Crippen LogP contribution in [0, 0.1) is 6.92 Å². The molecule has 0 unspecified atom stereocenters. The third-order valence-corrected chi connectivity index (χ3v) is 8.97. The fourth-order valence-electron chi connectivity index (χ4n) is 3.88. The Morgan fingerprint density at radius 2 is 1.64 bits per heavy atom. The molecule has 0 aliphatic rings. The second-order valence-corrected chi connectivity index (χ2v) is 12.7. The fraction of sp³-hybridized carbons (Fsp3) is 0.310. The first-order valence-corrected chi connectivity index (χ1v) is 15.2. The molecule has 0 heterocycles. The lowest BCUT2D eigenvalue weighted by Crippen LogP contribution is -2.52. The van der Waals surface area contributed by atoms with E-state index in [9.17, 15) is 18.0 Å². The molecule has 10 heteroatoms. The summed E-state index contributed by atoms with van der Waals surface area (Å²) < 4.78 is 29.6. The van der Waals surface area contributed by atoms with Gasteiger partial charge in [0.15, 0.2) is 0 Å². The number of nitrogens with zero attached hydrogens (tertiary/aromatic N) is 2. The molecule has 0 aromatic heterocycles. The lowest BCUT2D eigenvalue weighted by Gasteiger charge is -2.32. The maximum atomic E-state index is 13.9. The normalized spacial score (nSPS) is 12.9. The lowest BCUT2D eigenvalue weighted by molar-refractivity contribution is -0.139. The quantitative estimate of drug-likeness (QED) is 0.283. The van der Waals surface area contributed by atoms with Gasteiger partial charge in [0.05, 0.1) is 10.6 Å². The van der Waals surface area contributed by atoms with Crippen LogP contribution in [0.5, 0.6) is 0 Å². The van der Waals surface area contributed by atoms with Crippen LogP contribution in [0.2, 0.25) is 5.02 Å². The summed E-state index contributed by atoms with van der Waals surface area (Å²) in [6, 6.07) is 19.2. The molecule has 0 aliphatic heterocycles. The van der Waals surface area contributed by atoms with Crippen molar-refractivity contribution in [2.24, 2.45) is 0 Å². The highest BCUT2D eigenvalue weighted by Crippen LogP contribution is 2.26. The number of sulfonamides is 1. The fourth-order valence-corrected chi connectivity index (χ4v) is 5.68. The first-order valence-electron chi connectivity index (χ1n) is 12.6. The van der Waals surface area contributed by atoms with Crippen molar-refractivity contribution in [3.05, 3.63) is 93.4 Å². The van der Waals surface area contributed by atoms with E-state index in [0.29, 0.717) is 10.7 Å². The molecule has 0 fully saturated rings. The molecule has 3 aromatic rings. The minimum absolute atomic E-state index is 0.00299. The number of hydrogen-bond acceptors (Lipinski definition) is 4. The van der Waals surface area contributed by atoms with Gasteiger partial charge in [0.1, 0.15) is 12.6 Å². The number of hydrogen-bond donors (Lipinski definition) is 1. The Labute approximate surface area is 244 Å². The Hall–Kier alpha value is -2.88. The highest BCUT2D eigenvalue weighted by atomic mass is 79.9. The predicted molar refractivity (Wildman–Crippen MR) is 159 cm³/mol. The SMILES string of the molecule is CC[C@@H](C)NC(=O)[C@@H](C)N(Cc1ccc(Br)cc1)C(=O)CN(c1cccc(C)c1)S(=O)(=O)c1ccc(Cl)cc1.